The normalized spacial score (nSPS) is 13.9. The molecule has 5 aromatic carbocycles. The van der Waals surface area contributed by atoms with Crippen molar-refractivity contribution in [3.8, 4) is 11.8 Å². The lowest BCUT2D eigenvalue weighted by atomic mass is 9.61. The van der Waals surface area contributed by atoms with Crippen molar-refractivity contribution >= 4 is 45.5 Å². The van der Waals surface area contributed by atoms with Crippen molar-refractivity contribution in [3.05, 3.63) is 131 Å². The first kappa shape index (κ1) is 44.3. The highest BCUT2D eigenvalue weighted by atomic mass is 15.2. The minimum absolute atomic E-state index is 0.638. The number of nitrogens with zero attached hydrogens (tertiary/aromatic N) is 5. The number of anilines is 6. The molecule has 0 fully saturated rings. The summed E-state index contributed by atoms with van der Waals surface area (Å²) in [6.07, 6.45) is 23.0. The van der Waals surface area contributed by atoms with Gasteiger partial charge in [0.1, 0.15) is 5.41 Å². The van der Waals surface area contributed by atoms with Crippen LogP contribution < -0.4 is 14.7 Å². The molecule has 63 heavy (non-hydrogen) atoms. The molecule has 0 bridgehead atoms. The second-order valence-electron chi connectivity index (χ2n) is 18.4. The van der Waals surface area contributed by atoms with Gasteiger partial charge in [-0.25, -0.2) is 0 Å². The van der Waals surface area contributed by atoms with E-state index in [0.29, 0.717) is 0 Å². The number of aryl methyl sites for hydroxylation is 1. The number of azo groups is 1. The molecule has 3 aliphatic rings. The minimum atomic E-state index is -0.638. The van der Waals surface area contributed by atoms with Gasteiger partial charge in [0.15, 0.2) is 0 Å². The Morgan fingerprint density at radius 3 is 1.06 bits per heavy atom. The van der Waals surface area contributed by atoms with Crippen LogP contribution in [-0.2, 0) is 5.41 Å². The first-order valence-corrected chi connectivity index (χ1v) is 24.9. The van der Waals surface area contributed by atoms with Crippen molar-refractivity contribution in [1.29, 1.82) is 0 Å². The molecule has 0 spiro atoms. The lowest BCUT2D eigenvalue weighted by Gasteiger charge is -2.54. The monoisotopic (exact) mass is 838 g/mol. The third-order valence-corrected chi connectivity index (χ3v) is 13.7. The van der Waals surface area contributed by atoms with Gasteiger partial charge in [0.2, 0.25) is 0 Å². The third-order valence-electron chi connectivity index (χ3n) is 13.7. The number of hydrogen-bond donors (Lipinski definition) is 0. The molecular weight excluding hydrogens is 767 g/mol. The van der Waals surface area contributed by atoms with Crippen molar-refractivity contribution in [2.24, 2.45) is 10.2 Å². The van der Waals surface area contributed by atoms with Crippen molar-refractivity contribution in [2.75, 3.05) is 34.3 Å². The molecule has 8 rings (SSSR count). The summed E-state index contributed by atoms with van der Waals surface area (Å²) in [4.78, 5) is 8.07. The van der Waals surface area contributed by atoms with Crippen LogP contribution in [0.4, 0.5) is 45.5 Å². The zero-order valence-electron chi connectivity index (χ0n) is 38.9. The van der Waals surface area contributed by atoms with Gasteiger partial charge in [0.25, 0.3) is 0 Å². The molecule has 328 valence electrons. The first-order valence-electron chi connectivity index (χ1n) is 24.9. The van der Waals surface area contributed by atoms with Crippen molar-refractivity contribution in [2.45, 2.75) is 149 Å². The molecule has 0 radical (unpaired) electrons. The van der Waals surface area contributed by atoms with Gasteiger partial charge in [-0.2, -0.15) is 10.2 Å². The smallest absolute Gasteiger partial charge is 0.119 e. The van der Waals surface area contributed by atoms with Gasteiger partial charge >= 0.3 is 0 Å². The molecule has 3 heterocycles. The Balaban J connectivity index is 1.26. The molecule has 0 aromatic heterocycles. The van der Waals surface area contributed by atoms with E-state index in [0.717, 1.165) is 36.6 Å². The van der Waals surface area contributed by atoms with E-state index in [2.05, 4.69) is 155 Å². The number of hydrogen-bond acceptors (Lipinski definition) is 5. The van der Waals surface area contributed by atoms with E-state index in [4.69, 9.17) is 0 Å². The fourth-order valence-corrected chi connectivity index (χ4v) is 10.4. The van der Waals surface area contributed by atoms with Gasteiger partial charge in [0.05, 0.1) is 11.4 Å². The maximum Gasteiger partial charge on any atom is 0.119 e. The van der Waals surface area contributed by atoms with Crippen LogP contribution in [0, 0.1) is 18.8 Å². The first-order chi connectivity index (χ1) is 31.1. The van der Waals surface area contributed by atoms with Crippen LogP contribution in [-0.4, -0.2) is 19.6 Å². The number of rotatable bonds is 23. The predicted molar refractivity (Wildman–Crippen MR) is 269 cm³/mol. The molecule has 0 amide bonds. The van der Waals surface area contributed by atoms with Crippen LogP contribution in [0.3, 0.4) is 0 Å². The molecule has 0 saturated heterocycles. The molecule has 0 aliphatic carbocycles. The van der Waals surface area contributed by atoms with Gasteiger partial charge in [-0.1, -0.05) is 165 Å². The lowest BCUT2D eigenvalue weighted by Crippen LogP contribution is -2.47. The summed E-state index contributed by atoms with van der Waals surface area (Å²) in [6, 6.07) is 37.9. The van der Waals surface area contributed by atoms with Crippen LogP contribution in [0.5, 0.6) is 0 Å². The maximum absolute atomic E-state index is 4.58. The van der Waals surface area contributed by atoms with E-state index in [1.54, 1.807) is 0 Å². The highest BCUT2D eigenvalue weighted by molar-refractivity contribution is 6.02. The standard InChI is InChI=1S/C58H71N5/c1-5-8-11-14-17-20-42-61-49-26-23-28-51-55(49)58(41-40-46-34-38-48(39-35-46)60-59-47-36-32-45(4)33-37-47)56-50(61)27-24-29-52(56)63(44-22-19-16-13-10-7-3)54-31-25-30-53(57(54)58)62(51)43-21-18-15-12-9-6-2/h23-39H,5-22,42-44H2,1-4H3. The van der Waals surface area contributed by atoms with Crippen LogP contribution in [0.25, 0.3) is 0 Å². The summed E-state index contributed by atoms with van der Waals surface area (Å²) >= 11 is 0. The van der Waals surface area contributed by atoms with Gasteiger partial charge in [-0.15, -0.1) is 0 Å². The average molecular weight is 838 g/mol. The van der Waals surface area contributed by atoms with Crippen molar-refractivity contribution in [1.82, 2.24) is 0 Å². The average Bonchev–Trinajstić information content (AvgIpc) is 3.31. The highest BCUT2D eigenvalue weighted by Gasteiger charge is 2.55. The zero-order valence-corrected chi connectivity index (χ0v) is 38.9. The Bertz CT molecular complexity index is 2120. The van der Waals surface area contributed by atoms with Gasteiger partial charge < -0.3 is 14.7 Å². The molecular formula is C58H71N5. The second-order valence-corrected chi connectivity index (χ2v) is 18.4. The van der Waals surface area contributed by atoms with E-state index in [-0.39, 0.29) is 0 Å². The maximum atomic E-state index is 4.58. The minimum Gasteiger partial charge on any atom is -0.341 e. The van der Waals surface area contributed by atoms with Gasteiger partial charge in [0, 0.05) is 76.0 Å². The Labute approximate surface area is 380 Å². The second kappa shape index (κ2) is 21.4. The number of unbranched alkanes of at least 4 members (excludes halogenated alkanes) is 15. The summed E-state index contributed by atoms with van der Waals surface area (Å²) < 4.78 is 0. The summed E-state index contributed by atoms with van der Waals surface area (Å²) in [6.45, 7) is 12.0. The fourth-order valence-electron chi connectivity index (χ4n) is 10.4. The molecule has 3 aliphatic heterocycles. The van der Waals surface area contributed by atoms with Crippen LogP contribution >= 0.6 is 0 Å². The van der Waals surface area contributed by atoms with Crippen molar-refractivity contribution in [3.63, 3.8) is 0 Å². The van der Waals surface area contributed by atoms with Crippen LogP contribution in [0.2, 0.25) is 0 Å². The number of benzene rings is 5. The molecule has 0 N–H and O–H groups in total. The summed E-state index contributed by atoms with van der Waals surface area (Å²) in [5.41, 5.74) is 15.3. The molecule has 5 aromatic rings. The quantitative estimate of drug-likeness (QED) is 0.0373. The molecule has 0 saturated carbocycles. The zero-order chi connectivity index (χ0) is 43.4. The fraction of sp³-hybridized carbons (Fsp3) is 0.448. The Kier molecular flexibility index (Phi) is 15.0. The lowest BCUT2D eigenvalue weighted by molar-refractivity contribution is 0.598. The third kappa shape index (κ3) is 9.48. The Morgan fingerprint density at radius 1 is 0.397 bits per heavy atom. The molecule has 5 heteroatoms. The van der Waals surface area contributed by atoms with E-state index < -0.39 is 5.41 Å². The molecule has 0 atom stereocenters. The topological polar surface area (TPSA) is 34.4 Å². The highest BCUT2D eigenvalue weighted by Crippen LogP contribution is 2.66. The SMILES string of the molecule is CCCCCCCCN1c2cccc3c2C2(C#Cc4ccc(N=Nc5ccc(C)cc5)cc4)c4c1cccc4N(CCCCCCCC)c1cccc(c12)N3CCCCCCCC. The van der Waals surface area contributed by atoms with Gasteiger partial charge in [-0.3, -0.25) is 0 Å². The molecule has 5 nitrogen and oxygen atoms in total. The van der Waals surface area contributed by atoms with E-state index >= 15 is 0 Å². The van der Waals surface area contributed by atoms with Crippen LogP contribution in [0.15, 0.2) is 113 Å². The predicted octanol–water partition coefficient (Wildman–Crippen LogP) is 17.2. The Morgan fingerprint density at radius 2 is 0.714 bits per heavy atom. The Hall–Kier alpha value is -5.34. The molecule has 0 unspecified atom stereocenters. The summed E-state index contributed by atoms with van der Waals surface area (Å²) in [5, 5.41) is 9.09. The van der Waals surface area contributed by atoms with Crippen LogP contribution in [0.1, 0.15) is 164 Å². The van der Waals surface area contributed by atoms with E-state index in [9.17, 15) is 0 Å². The van der Waals surface area contributed by atoms with E-state index in [1.807, 2.05) is 12.1 Å². The largest absolute Gasteiger partial charge is 0.341 e. The summed E-state index contributed by atoms with van der Waals surface area (Å²) in [7, 11) is 0. The van der Waals surface area contributed by atoms with Gasteiger partial charge in [-0.05, 0) is 99.0 Å². The van der Waals surface area contributed by atoms with E-state index in [1.165, 1.54) is 172 Å². The summed E-state index contributed by atoms with van der Waals surface area (Å²) in [5.74, 6) is 8.01. The van der Waals surface area contributed by atoms with Crippen molar-refractivity contribution < 1.29 is 0 Å².